The number of carbonyl (C=O) groups is 3. The molecule has 0 saturated heterocycles. The molecule has 3 rings (SSSR count). The molecule has 1 heterocycles. The van der Waals surface area contributed by atoms with Crippen molar-refractivity contribution in [2.24, 2.45) is 0 Å². The molecule has 144 valence electrons. The molecule has 1 aliphatic heterocycles. The largest absolute Gasteiger partial charge is 0.456 e. The molecule has 6 nitrogen and oxygen atoms in total. The highest BCUT2D eigenvalue weighted by molar-refractivity contribution is 5.82. The van der Waals surface area contributed by atoms with Crippen molar-refractivity contribution in [3.63, 3.8) is 0 Å². The van der Waals surface area contributed by atoms with E-state index >= 15 is 0 Å². The molecule has 6 heteroatoms. The van der Waals surface area contributed by atoms with Crippen LogP contribution in [0.4, 0.5) is 0 Å². The van der Waals surface area contributed by atoms with Crippen LogP contribution >= 0.6 is 0 Å². The SMILES string of the molecule is CC(=O)N1C=Cc2ccccc2[C@@H]1CC(=O)OCC(=O)NCc1ccccc1. The lowest BCUT2D eigenvalue weighted by Gasteiger charge is -2.32. The van der Waals surface area contributed by atoms with Gasteiger partial charge in [-0.05, 0) is 22.8 Å². The molecule has 0 spiro atoms. The molecule has 1 N–H and O–H groups in total. The van der Waals surface area contributed by atoms with E-state index in [1.54, 1.807) is 6.20 Å². The van der Waals surface area contributed by atoms with E-state index in [1.165, 1.54) is 11.8 Å². The Morgan fingerprint density at radius 1 is 1.04 bits per heavy atom. The lowest BCUT2D eigenvalue weighted by molar-refractivity contribution is -0.150. The van der Waals surface area contributed by atoms with E-state index in [1.807, 2.05) is 60.7 Å². The molecule has 0 bridgehead atoms. The van der Waals surface area contributed by atoms with Crippen LogP contribution in [0.2, 0.25) is 0 Å². The molecule has 28 heavy (non-hydrogen) atoms. The van der Waals surface area contributed by atoms with Crippen molar-refractivity contribution in [1.82, 2.24) is 10.2 Å². The summed E-state index contributed by atoms with van der Waals surface area (Å²) in [6.07, 6.45) is 3.50. The van der Waals surface area contributed by atoms with Crippen LogP contribution in [0.1, 0.15) is 36.1 Å². The minimum absolute atomic E-state index is 0.0209. The molecule has 2 aromatic carbocycles. The molecule has 2 amide bonds. The summed E-state index contributed by atoms with van der Waals surface area (Å²) in [5, 5.41) is 2.71. The summed E-state index contributed by atoms with van der Waals surface area (Å²) in [7, 11) is 0. The monoisotopic (exact) mass is 378 g/mol. The van der Waals surface area contributed by atoms with Crippen molar-refractivity contribution in [3.05, 3.63) is 77.5 Å². The van der Waals surface area contributed by atoms with Gasteiger partial charge in [-0.25, -0.2) is 0 Å². The van der Waals surface area contributed by atoms with E-state index in [4.69, 9.17) is 4.74 Å². The number of hydrogen-bond acceptors (Lipinski definition) is 4. The predicted octanol–water partition coefficient (Wildman–Crippen LogP) is 2.81. The number of benzene rings is 2. The van der Waals surface area contributed by atoms with Gasteiger partial charge in [-0.1, -0.05) is 54.6 Å². The minimum atomic E-state index is -0.531. The van der Waals surface area contributed by atoms with Gasteiger partial charge in [-0.3, -0.25) is 14.4 Å². The molecule has 0 fully saturated rings. The van der Waals surface area contributed by atoms with Gasteiger partial charge in [-0.2, -0.15) is 0 Å². The van der Waals surface area contributed by atoms with E-state index in [-0.39, 0.29) is 24.8 Å². The first-order valence-electron chi connectivity index (χ1n) is 9.07. The van der Waals surface area contributed by atoms with Crippen LogP contribution in [0, 0.1) is 0 Å². The number of nitrogens with zero attached hydrogens (tertiary/aromatic N) is 1. The fraction of sp³-hybridized carbons (Fsp3) is 0.227. The number of nitrogens with one attached hydrogen (secondary N) is 1. The van der Waals surface area contributed by atoms with Gasteiger partial charge < -0.3 is 15.0 Å². The third kappa shape index (κ3) is 4.85. The van der Waals surface area contributed by atoms with Crippen LogP contribution in [0.5, 0.6) is 0 Å². The minimum Gasteiger partial charge on any atom is -0.456 e. The Morgan fingerprint density at radius 3 is 2.50 bits per heavy atom. The lowest BCUT2D eigenvalue weighted by atomic mass is 9.94. The van der Waals surface area contributed by atoms with Crippen molar-refractivity contribution in [3.8, 4) is 0 Å². The lowest BCUT2D eigenvalue weighted by Crippen LogP contribution is -2.33. The molecular weight excluding hydrogens is 356 g/mol. The second kappa shape index (κ2) is 8.99. The van der Waals surface area contributed by atoms with E-state index < -0.39 is 12.0 Å². The van der Waals surface area contributed by atoms with Gasteiger partial charge in [0.15, 0.2) is 6.61 Å². The van der Waals surface area contributed by atoms with E-state index in [2.05, 4.69) is 5.32 Å². The number of rotatable bonds is 6. The van der Waals surface area contributed by atoms with Gasteiger partial charge >= 0.3 is 5.97 Å². The summed E-state index contributed by atoms with van der Waals surface area (Å²) in [6.45, 7) is 1.47. The second-order valence-corrected chi connectivity index (χ2v) is 6.51. The van der Waals surface area contributed by atoms with Gasteiger partial charge in [-0.15, -0.1) is 0 Å². The Hall–Kier alpha value is -3.41. The van der Waals surface area contributed by atoms with Crippen molar-refractivity contribution in [2.45, 2.75) is 25.9 Å². The zero-order valence-corrected chi connectivity index (χ0v) is 15.6. The number of carbonyl (C=O) groups excluding carboxylic acids is 3. The highest BCUT2D eigenvalue weighted by atomic mass is 16.5. The zero-order valence-electron chi connectivity index (χ0n) is 15.6. The third-order valence-corrected chi connectivity index (χ3v) is 4.53. The Morgan fingerprint density at radius 2 is 1.75 bits per heavy atom. The average Bonchev–Trinajstić information content (AvgIpc) is 2.71. The molecule has 0 saturated carbocycles. The maximum absolute atomic E-state index is 12.3. The number of esters is 1. The average molecular weight is 378 g/mol. The van der Waals surface area contributed by atoms with E-state index in [0.717, 1.165) is 16.7 Å². The number of ether oxygens (including phenoxy) is 1. The van der Waals surface area contributed by atoms with Crippen molar-refractivity contribution >= 4 is 23.9 Å². The summed E-state index contributed by atoms with van der Waals surface area (Å²) < 4.78 is 5.13. The molecule has 1 atom stereocenters. The van der Waals surface area contributed by atoms with E-state index in [0.29, 0.717) is 6.54 Å². The zero-order chi connectivity index (χ0) is 19.9. The fourth-order valence-corrected chi connectivity index (χ4v) is 3.12. The van der Waals surface area contributed by atoms with Gasteiger partial charge in [0.05, 0.1) is 12.5 Å². The van der Waals surface area contributed by atoms with Crippen molar-refractivity contribution in [1.29, 1.82) is 0 Å². The molecule has 2 aromatic rings. The maximum atomic E-state index is 12.3. The second-order valence-electron chi connectivity index (χ2n) is 6.51. The first-order valence-corrected chi connectivity index (χ1v) is 9.07. The van der Waals surface area contributed by atoms with E-state index in [9.17, 15) is 14.4 Å². The molecule has 0 aliphatic carbocycles. The highest BCUT2D eigenvalue weighted by Crippen LogP contribution is 2.32. The number of hydrogen-bond donors (Lipinski definition) is 1. The first kappa shape index (κ1) is 19.4. The Labute approximate surface area is 163 Å². The van der Waals surface area contributed by atoms with Crippen LogP contribution in [-0.4, -0.2) is 29.3 Å². The molecule has 0 radical (unpaired) electrons. The van der Waals surface area contributed by atoms with Crippen LogP contribution in [0.25, 0.3) is 6.08 Å². The summed E-state index contributed by atoms with van der Waals surface area (Å²) >= 11 is 0. The van der Waals surface area contributed by atoms with Crippen LogP contribution < -0.4 is 5.32 Å². The van der Waals surface area contributed by atoms with Gasteiger partial charge in [0, 0.05) is 19.7 Å². The summed E-state index contributed by atoms with van der Waals surface area (Å²) in [6, 6.07) is 16.6. The quantitative estimate of drug-likeness (QED) is 0.785. The maximum Gasteiger partial charge on any atom is 0.308 e. The van der Waals surface area contributed by atoms with Gasteiger partial charge in [0.25, 0.3) is 5.91 Å². The van der Waals surface area contributed by atoms with Crippen LogP contribution in [0.3, 0.4) is 0 Å². The molecular formula is C22H22N2O4. The van der Waals surface area contributed by atoms with Gasteiger partial charge in [0.1, 0.15) is 0 Å². The number of fused-ring (bicyclic) bond motifs is 1. The predicted molar refractivity (Wildman–Crippen MR) is 105 cm³/mol. The third-order valence-electron chi connectivity index (χ3n) is 4.53. The summed E-state index contributed by atoms with van der Waals surface area (Å²) in [5.74, 6) is -1.06. The Bertz CT molecular complexity index is 892. The Balaban J connectivity index is 1.55. The standard InChI is InChI=1S/C22H22N2O4/c1-16(25)24-12-11-18-9-5-6-10-19(18)20(24)13-22(27)28-15-21(26)23-14-17-7-3-2-4-8-17/h2-12,20H,13-15H2,1H3,(H,23,26)/t20-/m0/s1. The summed E-state index contributed by atoms with van der Waals surface area (Å²) in [4.78, 5) is 37.7. The topological polar surface area (TPSA) is 75.7 Å². The van der Waals surface area contributed by atoms with Crippen molar-refractivity contribution < 1.29 is 19.1 Å². The first-order chi connectivity index (χ1) is 13.5. The Kier molecular flexibility index (Phi) is 6.22. The highest BCUT2D eigenvalue weighted by Gasteiger charge is 2.28. The number of amides is 2. The summed E-state index contributed by atoms with van der Waals surface area (Å²) in [5.41, 5.74) is 2.80. The molecule has 0 unspecified atom stereocenters. The van der Waals surface area contributed by atoms with Crippen LogP contribution in [0.15, 0.2) is 60.8 Å². The smallest absolute Gasteiger partial charge is 0.308 e. The van der Waals surface area contributed by atoms with Crippen molar-refractivity contribution in [2.75, 3.05) is 6.61 Å². The molecule has 1 aliphatic rings. The normalized spacial score (nSPS) is 14.9. The molecule has 0 aromatic heterocycles. The fourth-order valence-electron chi connectivity index (χ4n) is 3.12. The van der Waals surface area contributed by atoms with Crippen LogP contribution in [-0.2, 0) is 25.7 Å². The van der Waals surface area contributed by atoms with Gasteiger partial charge in [0.2, 0.25) is 5.91 Å².